The van der Waals surface area contributed by atoms with Gasteiger partial charge in [0.1, 0.15) is 11.9 Å². The summed E-state index contributed by atoms with van der Waals surface area (Å²) in [6.45, 7) is 0. The van der Waals surface area contributed by atoms with Crippen LogP contribution in [0.25, 0.3) is 0 Å². The third kappa shape index (κ3) is 2.49. The normalized spacial score (nSPS) is 8.73. The largest absolute Gasteiger partial charge is 0.324 e. The second-order valence-corrected chi connectivity index (χ2v) is 2.93. The molecule has 0 unspecified atom stereocenters. The summed E-state index contributed by atoms with van der Waals surface area (Å²) in [5.41, 5.74) is 1.11. The van der Waals surface area contributed by atoms with Crippen LogP contribution in [0.2, 0.25) is 0 Å². The molecule has 0 aliphatic carbocycles. The van der Waals surface area contributed by atoms with Gasteiger partial charge in [-0.15, -0.1) is 18.0 Å². The first kappa shape index (κ1) is 11.1. The minimum atomic E-state index is -0.373. The van der Waals surface area contributed by atoms with Crippen LogP contribution < -0.4 is 5.32 Å². The highest BCUT2D eigenvalue weighted by atomic mass is 35.5. The van der Waals surface area contributed by atoms with Crippen molar-refractivity contribution in [1.82, 2.24) is 0 Å². The first-order valence-corrected chi connectivity index (χ1v) is 4.62. The third-order valence-electron chi connectivity index (χ3n) is 1.73. The summed E-state index contributed by atoms with van der Waals surface area (Å²) in [4.78, 5) is 11.0. The first-order chi connectivity index (χ1) is 7.22. The highest BCUT2D eigenvalue weighted by Crippen LogP contribution is 2.18. The Labute approximate surface area is 92.7 Å². The van der Waals surface area contributed by atoms with Crippen LogP contribution in [0.1, 0.15) is 11.1 Å². The third-order valence-corrected chi connectivity index (χ3v) is 1.97. The number of nitrogens with one attached hydrogen (secondary N) is 1. The molecule has 4 heteroatoms. The maximum atomic E-state index is 11.0. The van der Waals surface area contributed by atoms with E-state index in [9.17, 15) is 4.79 Å². The number of hydrogen-bond acceptors (Lipinski definition) is 2. The summed E-state index contributed by atoms with van der Waals surface area (Å²) in [5, 5.41) is 11.4. The number of benzene rings is 1. The molecule has 1 rings (SSSR count). The van der Waals surface area contributed by atoms with Crippen molar-refractivity contribution in [3.8, 4) is 18.4 Å². The van der Waals surface area contributed by atoms with Gasteiger partial charge < -0.3 is 5.32 Å². The Morgan fingerprint density at radius 2 is 2.33 bits per heavy atom. The second-order valence-electron chi connectivity index (χ2n) is 2.67. The number of rotatable bonds is 2. The molecule has 1 N–H and O–H groups in total. The molecule has 0 saturated heterocycles. The van der Waals surface area contributed by atoms with Gasteiger partial charge in [0, 0.05) is 5.56 Å². The number of anilines is 1. The lowest BCUT2D eigenvalue weighted by Crippen LogP contribution is -2.13. The molecule has 74 valence electrons. The van der Waals surface area contributed by atoms with E-state index in [-0.39, 0.29) is 17.4 Å². The standard InChI is InChI=1S/C11H7ClN2O/c1-2-8-4-3-5-10(9(8)7-13)14-11(15)6-12/h1,3-5H,6H2,(H,14,15). The predicted molar refractivity (Wildman–Crippen MR) is 58.4 cm³/mol. The molecule has 1 amide bonds. The van der Waals surface area contributed by atoms with E-state index in [1.54, 1.807) is 18.2 Å². The van der Waals surface area contributed by atoms with Gasteiger partial charge in [0.25, 0.3) is 0 Å². The van der Waals surface area contributed by atoms with Crippen LogP contribution in [-0.2, 0) is 4.79 Å². The Kier molecular flexibility index (Phi) is 3.74. The molecule has 0 heterocycles. The zero-order chi connectivity index (χ0) is 11.3. The maximum Gasteiger partial charge on any atom is 0.239 e. The minimum Gasteiger partial charge on any atom is -0.324 e. The fraction of sp³-hybridized carbons (Fsp3) is 0.0909. The second kappa shape index (κ2) is 5.05. The van der Waals surface area contributed by atoms with Crippen LogP contribution in [0.4, 0.5) is 5.69 Å². The van der Waals surface area contributed by atoms with E-state index in [0.717, 1.165) is 0 Å². The van der Waals surface area contributed by atoms with Gasteiger partial charge in [-0.1, -0.05) is 12.0 Å². The zero-order valence-corrected chi connectivity index (χ0v) is 8.51. The van der Waals surface area contributed by atoms with E-state index in [4.69, 9.17) is 23.3 Å². The Morgan fingerprint density at radius 1 is 1.60 bits per heavy atom. The molecule has 0 atom stereocenters. The number of nitriles is 1. The molecule has 0 fully saturated rings. The van der Waals surface area contributed by atoms with Gasteiger partial charge in [-0.3, -0.25) is 4.79 Å². The molecule has 15 heavy (non-hydrogen) atoms. The smallest absolute Gasteiger partial charge is 0.239 e. The molecule has 0 spiro atoms. The van der Waals surface area contributed by atoms with E-state index in [2.05, 4.69) is 11.2 Å². The lowest BCUT2D eigenvalue weighted by molar-refractivity contribution is -0.113. The number of alkyl halides is 1. The topological polar surface area (TPSA) is 52.9 Å². The molecule has 1 aromatic rings. The molecule has 0 aromatic heterocycles. The number of hydrogen-bond donors (Lipinski definition) is 1. The highest BCUT2D eigenvalue weighted by molar-refractivity contribution is 6.29. The maximum absolute atomic E-state index is 11.0. The quantitative estimate of drug-likeness (QED) is 0.607. The first-order valence-electron chi connectivity index (χ1n) is 4.08. The summed E-state index contributed by atoms with van der Waals surface area (Å²) in [7, 11) is 0. The van der Waals surface area contributed by atoms with E-state index in [1.807, 2.05) is 6.07 Å². The molecule has 3 nitrogen and oxygen atoms in total. The summed E-state index contributed by atoms with van der Waals surface area (Å²) < 4.78 is 0. The molecular formula is C11H7ClN2O. The van der Waals surface area contributed by atoms with Crippen molar-refractivity contribution in [3.63, 3.8) is 0 Å². The van der Waals surface area contributed by atoms with Crippen molar-refractivity contribution in [3.05, 3.63) is 29.3 Å². The van der Waals surface area contributed by atoms with Gasteiger partial charge in [0.05, 0.1) is 11.3 Å². The van der Waals surface area contributed by atoms with Crippen LogP contribution in [0.3, 0.4) is 0 Å². The molecule has 0 radical (unpaired) electrons. The van der Waals surface area contributed by atoms with Crippen molar-refractivity contribution in [2.45, 2.75) is 0 Å². The summed E-state index contributed by atoms with van der Waals surface area (Å²) in [5.74, 6) is 1.84. The van der Waals surface area contributed by atoms with Crippen LogP contribution in [0.15, 0.2) is 18.2 Å². The number of carbonyl (C=O) groups excluding carboxylic acids is 1. The highest BCUT2D eigenvalue weighted by Gasteiger charge is 2.08. The molecule has 0 aliphatic rings. The van der Waals surface area contributed by atoms with Crippen molar-refractivity contribution < 1.29 is 4.79 Å². The summed E-state index contributed by atoms with van der Waals surface area (Å²) in [6, 6.07) is 6.85. The van der Waals surface area contributed by atoms with E-state index >= 15 is 0 Å². The SMILES string of the molecule is C#Cc1cccc(NC(=O)CCl)c1C#N. The molecule has 0 bridgehead atoms. The number of amides is 1. The van der Waals surface area contributed by atoms with Crippen molar-refractivity contribution >= 4 is 23.2 Å². The molecule has 0 saturated carbocycles. The van der Waals surface area contributed by atoms with Crippen LogP contribution >= 0.6 is 11.6 Å². The minimum absolute atomic E-state index is 0.162. The Hall–Kier alpha value is -1.97. The van der Waals surface area contributed by atoms with Gasteiger partial charge in [-0.2, -0.15) is 5.26 Å². The average molecular weight is 219 g/mol. The number of terminal acetylenes is 1. The molecule has 0 aliphatic heterocycles. The Balaban J connectivity index is 3.15. The number of carbonyl (C=O) groups is 1. The number of nitrogens with zero attached hydrogens (tertiary/aromatic N) is 1. The molecular weight excluding hydrogens is 212 g/mol. The summed E-state index contributed by atoms with van der Waals surface area (Å²) >= 11 is 5.34. The lowest BCUT2D eigenvalue weighted by atomic mass is 10.1. The fourth-order valence-electron chi connectivity index (χ4n) is 1.08. The van der Waals surface area contributed by atoms with Gasteiger partial charge in [0.15, 0.2) is 0 Å². The Morgan fingerprint density at radius 3 is 2.87 bits per heavy atom. The van der Waals surface area contributed by atoms with Gasteiger partial charge in [-0.25, -0.2) is 0 Å². The van der Waals surface area contributed by atoms with Crippen molar-refractivity contribution in [2.75, 3.05) is 11.2 Å². The van der Waals surface area contributed by atoms with E-state index in [0.29, 0.717) is 11.3 Å². The van der Waals surface area contributed by atoms with E-state index < -0.39 is 0 Å². The van der Waals surface area contributed by atoms with E-state index in [1.165, 1.54) is 0 Å². The monoisotopic (exact) mass is 218 g/mol. The van der Waals surface area contributed by atoms with Crippen LogP contribution in [0, 0.1) is 23.7 Å². The predicted octanol–water partition coefficient (Wildman–Crippen LogP) is 1.72. The zero-order valence-electron chi connectivity index (χ0n) is 7.75. The van der Waals surface area contributed by atoms with Crippen LogP contribution in [0.5, 0.6) is 0 Å². The van der Waals surface area contributed by atoms with Crippen molar-refractivity contribution in [1.29, 1.82) is 5.26 Å². The van der Waals surface area contributed by atoms with Gasteiger partial charge in [-0.05, 0) is 12.1 Å². The van der Waals surface area contributed by atoms with Gasteiger partial charge >= 0.3 is 0 Å². The lowest BCUT2D eigenvalue weighted by Gasteiger charge is -2.06. The molecule has 1 aromatic carbocycles. The van der Waals surface area contributed by atoms with Gasteiger partial charge in [0.2, 0.25) is 5.91 Å². The Bertz CT molecular complexity index is 468. The average Bonchev–Trinajstić information content (AvgIpc) is 2.28. The summed E-state index contributed by atoms with van der Waals surface area (Å²) in [6.07, 6.45) is 5.22. The fourth-order valence-corrected chi connectivity index (χ4v) is 1.15. The van der Waals surface area contributed by atoms with Crippen LogP contribution in [-0.4, -0.2) is 11.8 Å². The van der Waals surface area contributed by atoms with Crippen molar-refractivity contribution in [2.24, 2.45) is 0 Å². The number of halogens is 1.